The Morgan fingerprint density at radius 3 is 2.60 bits per heavy atom. The third kappa shape index (κ3) is 3.03. The SMILES string of the molecule is Cc1sc(C(=O)O)cc1S(=O)(=O)N1CCCN(C)CC1. The van der Waals surface area contributed by atoms with E-state index in [4.69, 9.17) is 5.11 Å². The molecule has 0 aromatic carbocycles. The van der Waals surface area contributed by atoms with Crippen molar-refractivity contribution in [3.05, 3.63) is 15.8 Å². The number of thiophene rings is 1. The summed E-state index contributed by atoms with van der Waals surface area (Å²) in [5, 5.41) is 8.97. The second kappa shape index (κ2) is 5.80. The second-order valence-electron chi connectivity index (χ2n) is 4.90. The molecule has 6 nitrogen and oxygen atoms in total. The fourth-order valence-corrected chi connectivity index (χ4v) is 5.10. The topological polar surface area (TPSA) is 77.9 Å². The third-order valence-electron chi connectivity index (χ3n) is 3.38. The molecule has 0 atom stereocenters. The van der Waals surface area contributed by atoms with Crippen LogP contribution in [0.1, 0.15) is 21.0 Å². The summed E-state index contributed by atoms with van der Waals surface area (Å²) >= 11 is 1.00. The summed E-state index contributed by atoms with van der Waals surface area (Å²) in [6.45, 7) is 4.12. The highest BCUT2D eigenvalue weighted by Crippen LogP contribution is 2.28. The lowest BCUT2D eigenvalue weighted by Gasteiger charge is -2.19. The molecule has 20 heavy (non-hydrogen) atoms. The summed E-state index contributed by atoms with van der Waals surface area (Å²) in [6, 6.07) is 1.27. The maximum Gasteiger partial charge on any atom is 0.345 e. The van der Waals surface area contributed by atoms with Gasteiger partial charge in [-0.05, 0) is 33.0 Å². The quantitative estimate of drug-likeness (QED) is 0.902. The van der Waals surface area contributed by atoms with Crippen LogP contribution in [0.15, 0.2) is 11.0 Å². The Hall–Kier alpha value is -0.960. The first kappa shape index (κ1) is 15.4. The van der Waals surface area contributed by atoms with E-state index in [0.29, 0.717) is 24.5 Å². The second-order valence-corrected chi connectivity index (χ2v) is 8.06. The van der Waals surface area contributed by atoms with Crippen LogP contribution in [-0.2, 0) is 10.0 Å². The molecule has 0 amide bonds. The predicted octanol–water partition coefficient (Wildman–Crippen LogP) is 1.08. The van der Waals surface area contributed by atoms with E-state index in [1.165, 1.54) is 10.4 Å². The fourth-order valence-electron chi connectivity index (χ4n) is 2.23. The molecule has 1 fully saturated rings. The molecule has 0 aliphatic carbocycles. The Bertz CT molecular complexity index is 609. The van der Waals surface area contributed by atoms with Crippen molar-refractivity contribution in [1.82, 2.24) is 9.21 Å². The molecular formula is C12H18N2O4S2. The number of carboxylic acid groups (broad SMARTS) is 1. The van der Waals surface area contributed by atoms with Gasteiger partial charge in [0.05, 0.1) is 4.90 Å². The van der Waals surface area contributed by atoms with Crippen molar-refractivity contribution in [2.24, 2.45) is 0 Å². The van der Waals surface area contributed by atoms with E-state index in [1.54, 1.807) is 6.92 Å². The highest BCUT2D eigenvalue weighted by atomic mass is 32.2. The van der Waals surface area contributed by atoms with Crippen molar-refractivity contribution in [2.75, 3.05) is 33.2 Å². The van der Waals surface area contributed by atoms with Crippen LogP contribution in [0.4, 0.5) is 0 Å². The maximum atomic E-state index is 12.6. The van der Waals surface area contributed by atoms with Crippen LogP contribution in [0, 0.1) is 6.92 Å². The van der Waals surface area contributed by atoms with Gasteiger partial charge in [0.15, 0.2) is 0 Å². The average Bonchev–Trinajstić information content (AvgIpc) is 2.62. The summed E-state index contributed by atoms with van der Waals surface area (Å²) in [6.07, 6.45) is 0.782. The van der Waals surface area contributed by atoms with E-state index < -0.39 is 16.0 Å². The molecule has 1 aromatic heterocycles. The maximum absolute atomic E-state index is 12.6. The first-order valence-corrected chi connectivity index (χ1v) is 8.60. The standard InChI is InChI=1S/C12H18N2O4S2/c1-9-11(8-10(19-9)12(15)16)20(17,18)14-5-3-4-13(2)6-7-14/h8H,3-7H2,1-2H3,(H,15,16). The number of hydrogen-bond donors (Lipinski definition) is 1. The van der Waals surface area contributed by atoms with Crippen molar-refractivity contribution >= 4 is 27.3 Å². The zero-order chi connectivity index (χ0) is 14.9. The van der Waals surface area contributed by atoms with E-state index in [9.17, 15) is 13.2 Å². The van der Waals surface area contributed by atoms with Gasteiger partial charge >= 0.3 is 5.97 Å². The summed E-state index contributed by atoms with van der Waals surface area (Å²) in [5.74, 6) is -1.09. The van der Waals surface area contributed by atoms with Gasteiger partial charge in [-0.1, -0.05) is 0 Å². The van der Waals surface area contributed by atoms with Crippen LogP contribution in [0.5, 0.6) is 0 Å². The highest BCUT2D eigenvalue weighted by molar-refractivity contribution is 7.89. The molecule has 0 radical (unpaired) electrons. The number of carboxylic acids is 1. The van der Waals surface area contributed by atoms with E-state index in [1.807, 2.05) is 7.05 Å². The van der Waals surface area contributed by atoms with E-state index in [-0.39, 0.29) is 9.77 Å². The molecule has 1 saturated heterocycles. The Kier molecular flexibility index (Phi) is 4.48. The molecule has 0 unspecified atom stereocenters. The van der Waals surface area contributed by atoms with Gasteiger partial charge in [-0.2, -0.15) is 4.31 Å². The molecule has 8 heteroatoms. The van der Waals surface area contributed by atoms with Crippen molar-refractivity contribution in [2.45, 2.75) is 18.2 Å². The first-order valence-electron chi connectivity index (χ1n) is 6.35. The molecule has 0 saturated carbocycles. The number of sulfonamides is 1. The minimum absolute atomic E-state index is 0.0630. The fraction of sp³-hybridized carbons (Fsp3) is 0.583. The Morgan fingerprint density at radius 2 is 2.00 bits per heavy atom. The van der Waals surface area contributed by atoms with Gasteiger partial charge < -0.3 is 10.0 Å². The number of carbonyl (C=O) groups is 1. The largest absolute Gasteiger partial charge is 0.477 e. The molecule has 1 aromatic rings. The lowest BCUT2D eigenvalue weighted by atomic mass is 10.4. The van der Waals surface area contributed by atoms with Gasteiger partial charge in [0, 0.05) is 24.5 Å². The molecule has 0 bridgehead atoms. The number of rotatable bonds is 3. The third-order valence-corrected chi connectivity index (χ3v) is 6.57. The lowest BCUT2D eigenvalue weighted by Crippen LogP contribution is -2.34. The van der Waals surface area contributed by atoms with E-state index in [2.05, 4.69) is 4.90 Å². The minimum atomic E-state index is -3.60. The van der Waals surface area contributed by atoms with Crippen LogP contribution in [-0.4, -0.2) is 61.9 Å². The van der Waals surface area contributed by atoms with Crippen LogP contribution < -0.4 is 0 Å². The molecular weight excluding hydrogens is 300 g/mol. The molecule has 112 valence electrons. The number of aryl methyl sites for hydroxylation is 1. The van der Waals surface area contributed by atoms with E-state index in [0.717, 1.165) is 24.3 Å². The monoisotopic (exact) mass is 318 g/mol. The van der Waals surface area contributed by atoms with Crippen molar-refractivity contribution in [3.8, 4) is 0 Å². The van der Waals surface area contributed by atoms with Crippen molar-refractivity contribution < 1.29 is 18.3 Å². The van der Waals surface area contributed by atoms with Crippen LogP contribution in [0.2, 0.25) is 0 Å². The molecule has 2 heterocycles. The zero-order valence-electron chi connectivity index (χ0n) is 11.5. The first-order chi connectivity index (χ1) is 9.32. The Labute approximate surface area is 122 Å². The number of hydrogen-bond acceptors (Lipinski definition) is 5. The molecule has 1 N–H and O–H groups in total. The smallest absolute Gasteiger partial charge is 0.345 e. The summed E-state index contributed by atoms with van der Waals surface area (Å²) < 4.78 is 26.7. The molecule has 1 aliphatic rings. The van der Waals surface area contributed by atoms with Crippen LogP contribution in [0.3, 0.4) is 0 Å². The Morgan fingerprint density at radius 1 is 1.30 bits per heavy atom. The number of aromatic carboxylic acids is 1. The van der Waals surface area contributed by atoms with Crippen LogP contribution >= 0.6 is 11.3 Å². The van der Waals surface area contributed by atoms with Gasteiger partial charge in [0.2, 0.25) is 10.0 Å². The lowest BCUT2D eigenvalue weighted by molar-refractivity contribution is 0.0702. The van der Waals surface area contributed by atoms with Gasteiger partial charge in [-0.3, -0.25) is 0 Å². The van der Waals surface area contributed by atoms with Crippen molar-refractivity contribution in [1.29, 1.82) is 0 Å². The summed E-state index contributed by atoms with van der Waals surface area (Å²) in [4.78, 5) is 13.8. The Balaban J connectivity index is 2.32. The van der Waals surface area contributed by atoms with Gasteiger partial charge in [-0.15, -0.1) is 11.3 Å². The van der Waals surface area contributed by atoms with Gasteiger partial charge in [0.1, 0.15) is 4.88 Å². The summed E-state index contributed by atoms with van der Waals surface area (Å²) in [7, 11) is -1.63. The summed E-state index contributed by atoms with van der Waals surface area (Å²) in [5.41, 5.74) is 0. The normalized spacial score (nSPS) is 18.9. The van der Waals surface area contributed by atoms with Crippen LogP contribution in [0.25, 0.3) is 0 Å². The predicted molar refractivity (Wildman–Crippen MR) is 76.9 cm³/mol. The molecule has 2 rings (SSSR count). The van der Waals surface area contributed by atoms with Gasteiger partial charge in [0.25, 0.3) is 0 Å². The zero-order valence-corrected chi connectivity index (χ0v) is 13.1. The number of likely N-dealkylation sites (N-methyl/N-ethyl adjacent to an activating group) is 1. The average molecular weight is 318 g/mol. The highest BCUT2D eigenvalue weighted by Gasteiger charge is 2.29. The molecule has 1 aliphatic heterocycles. The number of nitrogens with zero attached hydrogens (tertiary/aromatic N) is 2. The van der Waals surface area contributed by atoms with Crippen molar-refractivity contribution in [3.63, 3.8) is 0 Å². The molecule has 0 spiro atoms. The minimum Gasteiger partial charge on any atom is -0.477 e. The van der Waals surface area contributed by atoms with Gasteiger partial charge in [-0.25, -0.2) is 13.2 Å². The van der Waals surface area contributed by atoms with E-state index >= 15 is 0 Å².